The van der Waals surface area contributed by atoms with E-state index in [0.29, 0.717) is 0 Å². The Balaban J connectivity index is 0. The van der Waals surface area contributed by atoms with Crippen molar-refractivity contribution in [1.82, 2.24) is 6.15 Å². The summed E-state index contributed by atoms with van der Waals surface area (Å²) in [5.74, 6) is 0. The Morgan fingerprint density at radius 1 is 0.722 bits per heavy atom. The second-order valence-electron chi connectivity index (χ2n) is 3.01. The topological polar surface area (TPSA) is 30.5 Å². The molecular formula is C6H3F10IN. The maximum atomic E-state index is 12.8. The summed E-state index contributed by atoms with van der Waals surface area (Å²) >= 11 is 0.288. The van der Waals surface area contributed by atoms with Gasteiger partial charge < -0.3 is 0 Å². The van der Waals surface area contributed by atoms with Gasteiger partial charge in [-0.3, -0.25) is 0 Å². The molecule has 0 rings (SSSR count). The molecule has 0 aliphatic rings. The first-order chi connectivity index (χ1) is 7.13. The van der Waals surface area contributed by atoms with Crippen LogP contribution in [0.3, 0.4) is 0 Å². The molecule has 0 aromatic carbocycles. The molecule has 1 unspecified atom stereocenters. The third kappa shape index (κ3) is 4.28. The van der Waals surface area contributed by atoms with E-state index in [-0.39, 0.29) is 28.7 Å². The highest BCUT2D eigenvalue weighted by molar-refractivity contribution is 14.1. The van der Waals surface area contributed by atoms with E-state index in [9.17, 15) is 43.9 Å². The molecule has 1 nitrogen and oxygen atoms in total. The van der Waals surface area contributed by atoms with Crippen molar-refractivity contribution in [2.75, 3.05) is 0 Å². The van der Waals surface area contributed by atoms with Crippen molar-refractivity contribution < 1.29 is 43.9 Å². The minimum Gasteiger partial charge on any atom is -0.224 e. The van der Waals surface area contributed by atoms with Gasteiger partial charge in [0, 0.05) is 12.6 Å². The number of rotatable bonds is 2. The second-order valence-corrected chi connectivity index (χ2v) is 4.51. The van der Waals surface area contributed by atoms with Gasteiger partial charge in [0.25, 0.3) is 0 Å². The van der Waals surface area contributed by atoms with E-state index in [1.54, 1.807) is 0 Å². The van der Waals surface area contributed by atoms with Crippen LogP contribution in [-0.4, -0.2) is 28.1 Å². The highest BCUT2D eigenvalue weighted by Crippen LogP contribution is 2.51. The van der Waals surface area contributed by atoms with Crippen LogP contribution in [0.4, 0.5) is 43.9 Å². The lowest BCUT2D eigenvalue weighted by molar-refractivity contribution is -0.345. The van der Waals surface area contributed by atoms with Crippen molar-refractivity contribution >= 4 is 22.6 Å². The summed E-state index contributed by atoms with van der Waals surface area (Å²) in [6, 6.07) is 0. The molecular weight excluding hydrogens is 403 g/mol. The van der Waals surface area contributed by atoms with Gasteiger partial charge in [-0.1, -0.05) is 22.6 Å². The lowest BCUT2D eigenvalue weighted by Crippen LogP contribution is -2.55. The van der Waals surface area contributed by atoms with E-state index >= 15 is 0 Å². The fourth-order valence-corrected chi connectivity index (χ4v) is 1.36. The summed E-state index contributed by atoms with van der Waals surface area (Å²) in [6.07, 6.45) is -21.0. The van der Waals surface area contributed by atoms with Crippen LogP contribution >= 0.6 is 22.6 Å². The smallest absolute Gasteiger partial charge is 0.224 e. The molecule has 0 saturated heterocycles. The normalized spacial score (nSPS) is 16.2. The van der Waals surface area contributed by atoms with E-state index in [2.05, 4.69) is 0 Å². The Morgan fingerprint density at radius 3 is 1.17 bits per heavy atom. The van der Waals surface area contributed by atoms with Crippen LogP contribution in [0.5, 0.6) is 0 Å². The number of nitrogens with zero attached hydrogens (tertiary/aromatic N) is 1. The Kier molecular flexibility index (Phi) is 6.26. The van der Waals surface area contributed by atoms with Gasteiger partial charge in [-0.15, -0.1) is 0 Å². The lowest BCUT2D eigenvalue weighted by atomic mass is 9.98. The van der Waals surface area contributed by atoms with Gasteiger partial charge in [0.05, 0.1) is 0 Å². The lowest BCUT2D eigenvalue weighted by Gasteiger charge is -2.31. The third-order valence-corrected chi connectivity index (χ3v) is 2.86. The molecule has 0 aliphatic carbocycles. The molecule has 0 saturated carbocycles. The SMILES string of the molecule is FC(F)(F)C(I)CC(F)(C(F)(F)F)C(F)(F)F.[N]. The second kappa shape index (κ2) is 5.54. The molecule has 0 aromatic heterocycles. The minimum absolute atomic E-state index is 0. The average Bonchev–Trinajstić information content (AvgIpc) is 1.97. The predicted molar refractivity (Wildman–Crippen MR) is 46.6 cm³/mol. The van der Waals surface area contributed by atoms with Crippen LogP contribution in [-0.2, 0) is 0 Å². The van der Waals surface area contributed by atoms with Crippen LogP contribution in [0.15, 0.2) is 0 Å². The average molecular weight is 406 g/mol. The van der Waals surface area contributed by atoms with Gasteiger partial charge in [0.1, 0.15) is 3.92 Å². The monoisotopic (exact) mass is 406 g/mol. The van der Waals surface area contributed by atoms with Crippen molar-refractivity contribution in [3.8, 4) is 0 Å². The van der Waals surface area contributed by atoms with Crippen LogP contribution in [0.25, 0.3) is 0 Å². The van der Waals surface area contributed by atoms with Crippen molar-refractivity contribution in [1.29, 1.82) is 0 Å². The van der Waals surface area contributed by atoms with Gasteiger partial charge in [-0.2, -0.15) is 39.5 Å². The summed E-state index contributed by atoms with van der Waals surface area (Å²) in [5, 5.41) is 0. The molecule has 0 aliphatic heterocycles. The summed E-state index contributed by atoms with van der Waals surface area (Å²) in [6.45, 7) is 0. The first kappa shape index (κ1) is 20.3. The van der Waals surface area contributed by atoms with Crippen molar-refractivity contribution in [3.63, 3.8) is 0 Å². The molecule has 0 amide bonds. The number of hydrogen-bond donors (Lipinski definition) is 0. The zero-order chi connectivity index (χ0) is 14.3. The number of hydrogen-bond acceptors (Lipinski definition) is 0. The van der Waals surface area contributed by atoms with E-state index in [1.165, 1.54) is 0 Å². The predicted octanol–water partition coefficient (Wildman–Crippen LogP) is 4.09. The molecule has 0 N–H and O–H groups in total. The molecule has 0 bridgehead atoms. The molecule has 1 atom stereocenters. The van der Waals surface area contributed by atoms with Gasteiger partial charge in [0.2, 0.25) is 0 Å². The Hall–Kier alpha value is -0.0100. The van der Waals surface area contributed by atoms with E-state index < -0.39 is 34.5 Å². The maximum absolute atomic E-state index is 12.8. The van der Waals surface area contributed by atoms with Crippen LogP contribution in [0.1, 0.15) is 6.42 Å². The van der Waals surface area contributed by atoms with Crippen LogP contribution in [0.2, 0.25) is 0 Å². The van der Waals surface area contributed by atoms with E-state index in [0.717, 1.165) is 0 Å². The highest BCUT2D eigenvalue weighted by atomic mass is 127. The minimum atomic E-state index is -6.46. The number of alkyl halides is 11. The summed E-state index contributed by atoms with van der Waals surface area (Å²) in [7, 11) is 0. The fourth-order valence-electron chi connectivity index (χ4n) is 0.755. The quantitative estimate of drug-likeness (QED) is 0.376. The van der Waals surface area contributed by atoms with Crippen molar-refractivity contribution in [2.45, 2.75) is 34.5 Å². The van der Waals surface area contributed by atoms with Crippen LogP contribution in [0, 0.1) is 0 Å². The van der Waals surface area contributed by atoms with Crippen LogP contribution < -0.4 is 6.15 Å². The molecule has 0 aromatic rings. The van der Waals surface area contributed by atoms with Gasteiger partial charge in [-0.05, 0) is 0 Å². The molecule has 0 heterocycles. The van der Waals surface area contributed by atoms with Gasteiger partial charge in [0.15, 0.2) is 0 Å². The third-order valence-electron chi connectivity index (χ3n) is 1.71. The van der Waals surface area contributed by atoms with Gasteiger partial charge in [-0.25, -0.2) is 4.39 Å². The van der Waals surface area contributed by atoms with E-state index in [4.69, 9.17) is 0 Å². The summed E-state index contributed by atoms with van der Waals surface area (Å²) < 4.78 is 117. The molecule has 12 heteroatoms. The zero-order valence-corrected chi connectivity index (χ0v) is 10.0. The van der Waals surface area contributed by atoms with Crippen molar-refractivity contribution in [2.24, 2.45) is 0 Å². The zero-order valence-electron chi connectivity index (χ0n) is 7.89. The molecule has 3 radical (unpaired) electrons. The molecule has 0 spiro atoms. The molecule has 109 valence electrons. The first-order valence-corrected chi connectivity index (χ1v) is 4.90. The fraction of sp³-hybridized carbons (Fsp3) is 1.00. The Bertz CT molecular complexity index is 251. The highest BCUT2D eigenvalue weighted by Gasteiger charge is 2.73. The van der Waals surface area contributed by atoms with Crippen molar-refractivity contribution in [3.05, 3.63) is 0 Å². The number of halogens is 11. The largest absolute Gasteiger partial charge is 0.431 e. The molecule has 0 fully saturated rings. The molecule has 18 heavy (non-hydrogen) atoms. The standard InChI is InChI=1S/C6H3F10I.N/c7-3(5(11,12)13,6(14,15)16)1-2(17)4(8,9)10;/h2H,1H2;. The van der Waals surface area contributed by atoms with Gasteiger partial charge >= 0.3 is 24.2 Å². The summed E-state index contributed by atoms with van der Waals surface area (Å²) in [5.41, 5.74) is -5.87. The first-order valence-electron chi connectivity index (χ1n) is 3.66. The maximum Gasteiger partial charge on any atom is 0.431 e. The summed E-state index contributed by atoms with van der Waals surface area (Å²) in [4.78, 5) is 0. The Labute approximate surface area is 108 Å². The van der Waals surface area contributed by atoms with E-state index in [1.807, 2.05) is 0 Å². The Morgan fingerprint density at radius 2 is 1.00 bits per heavy atom.